The number of carbonyl (C=O) groups is 2. The van der Waals surface area contributed by atoms with Crippen molar-refractivity contribution in [1.82, 2.24) is 9.80 Å². The van der Waals surface area contributed by atoms with E-state index >= 15 is 0 Å². The van der Waals surface area contributed by atoms with E-state index in [1.807, 2.05) is 41.3 Å². The van der Waals surface area contributed by atoms with Crippen LogP contribution in [0.2, 0.25) is 0 Å². The van der Waals surface area contributed by atoms with Gasteiger partial charge in [0.25, 0.3) is 5.91 Å². The third kappa shape index (κ3) is 5.36. The van der Waals surface area contributed by atoms with Gasteiger partial charge in [0.05, 0.1) is 13.2 Å². The van der Waals surface area contributed by atoms with Gasteiger partial charge in [0, 0.05) is 28.0 Å². The van der Waals surface area contributed by atoms with Gasteiger partial charge in [-0.3, -0.25) is 9.59 Å². The Balaban J connectivity index is 1.61. The van der Waals surface area contributed by atoms with Crippen LogP contribution >= 0.6 is 27.3 Å². The van der Waals surface area contributed by atoms with E-state index in [2.05, 4.69) is 41.2 Å². The highest BCUT2D eigenvalue weighted by atomic mass is 79.9. The van der Waals surface area contributed by atoms with E-state index in [1.54, 1.807) is 35.5 Å². The van der Waals surface area contributed by atoms with Gasteiger partial charge in [-0.05, 0) is 71.3 Å². The third-order valence-electron chi connectivity index (χ3n) is 6.01. The van der Waals surface area contributed by atoms with E-state index in [1.165, 1.54) is 10.4 Å². The summed E-state index contributed by atoms with van der Waals surface area (Å²) in [4.78, 5) is 32.0. The number of nitrogens with zero attached hydrogens (tertiary/aromatic N) is 2. The van der Waals surface area contributed by atoms with Gasteiger partial charge < -0.3 is 14.5 Å². The van der Waals surface area contributed by atoms with Crippen molar-refractivity contribution < 1.29 is 14.3 Å². The number of hydrogen-bond acceptors (Lipinski definition) is 4. The first-order valence-corrected chi connectivity index (χ1v) is 13.1. The lowest BCUT2D eigenvalue weighted by atomic mass is 9.93. The molecule has 1 aliphatic heterocycles. The fourth-order valence-corrected chi connectivity index (χ4v) is 5.59. The molecule has 2 aromatic carbocycles. The molecule has 7 heteroatoms. The van der Waals surface area contributed by atoms with Crippen LogP contribution in [0.4, 0.5) is 0 Å². The molecule has 3 aromatic rings. The van der Waals surface area contributed by atoms with Gasteiger partial charge in [-0.2, -0.15) is 0 Å². The highest BCUT2D eigenvalue weighted by Gasteiger charge is 2.34. The van der Waals surface area contributed by atoms with Crippen molar-refractivity contribution in [2.24, 2.45) is 5.92 Å². The van der Waals surface area contributed by atoms with E-state index < -0.39 is 0 Å². The van der Waals surface area contributed by atoms with Crippen molar-refractivity contribution in [1.29, 1.82) is 0 Å². The lowest BCUT2D eigenvalue weighted by molar-refractivity contribution is -0.134. The molecule has 0 saturated heterocycles. The molecule has 0 fully saturated rings. The summed E-state index contributed by atoms with van der Waals surface area (Å²) in [7, 11) is 1.65. The molecule has 178 valence electrons. The van der Waals surface area contributed by atoms with Gasteiger partial charge in [-0.1, -0.05) is 41.9 Å². The molecule has 4 rings (SSSR count). The molecule has 0 unspecified atom stereocenters. The summed E-state index contributed by atoms with van der Waals surface area (Å²) in [5.41, 5.74) is 2.80. The second kappa shape index (κ2) is 10.7. The molecule has 5 nitrogen and oxygen atoms in total. The predicted octanol–water partition coefficient (Wildman–Crippen LogP) is 5.79. The third-order valence-corrected chi connectivity index (χ3v) is 7.53. The SMILES string of the molecule is COc1ccc([C@@H]2c3ccsc3CCN2C(=O)CN(CC(C)C)C(=O)c2ccc(Br)cc2)cc1. The van der Waals surface area contributed by atoms with Gasteiger partial charge in [-0.25, -0.2) is 0 Å². The summed E-state index contributed by atoms with van der Waals surface area (Å²) >= 11 is 5.16. The maximum absolute atomic E-state index is 13.7. The number of benzene rings is 2. The number of methoxy groups -OCH3 is 1. The van der Waals surface area contributed by atoms with Crippen LogP contribution in [0.25, 0.3) is 0 Å². The molecule has 0 radical (unpaired) electrons. The van der Waals surface area contributed by atoms with Crippen molar-refractivity contribution in [3.05, 3.63) is 86.0 Å². The van der Waals surface area contributed by atoms with Gasteiger partial charge in [0.2, 0.25) is 5.91 Å². The van der Waals surface area contributed by atoms with E-state index in [9.17, 15) is 9.59 Å². The maximum Gasteiger partial charge on any atom is 0.254 e. The number of fused-ring (bicyclic) bond motifs is 1. The van der Waals surface area contributed by atoms with E-state index in [0.717, 1.165) is 22.2 Å². The first-order valence-electron chi connectivity index (χ1n) is 11.4. The molecule has 0 N–H and O–H groups in total. The zero-order chi connectivity index (χ0) is 24.2. The van der Waals surface area contributed by atoms with Crippen LogP contribution in [-0.4, -0.2) is 48.4 Å². The highest BCUT2D eigenvalue weighted by molar-refractivity contribution is 9.10. The number of hydrogen-bond donors (Lipinski definition) is 0. The summed E-state index contributed by atoms with van der Waals surface area (Å²) in [5, 5.41) is 2.09. The summed E-state index contributed by atoms with van der Waals surface area (Å²) in [6.07, 6.45) is 0.830. The van der Waals surface area contributed by atoms with Crippen molar-refractivity contribution in [2.45, 2.75) is 26.3 Å². The monoisotopic (exact) mass is 540 g/mol. The van der Waals surface area contributed by atoms with Crippen LogP contribution in [0.3, 0.4) is 0 Å². The van der Waals surface area contributed by atoms with Gasteiger partial charge in [0.15, 0.2) is 0 Å². The summed E-state index contributed by atoms with van der Waals surface area (Å²) in [6.45, 7) is 5.33. The number of amides is 2. The Kier molecular flexibility index (Phi) is 7.73. The minimum absolute atomic E-state index is 0.0382. The molecule has 2 heterocycles. The number of thiophene rings is 1. The van der Waals surface area contributed by atoms with E-state index in [0.29, 0.717) is 18.7 Å². The zero-order valence-electron chi connectivity index (χ0n) is 19.7. The molecule has 0 bridgehead atoms. The van der Waals surface area contributed by atoms with Crippen molar-refractivity contribution in [3.8, 4) is 5.75 Å². The quantitative estimate of drug-likeness (QED) is 0.381. The molecule has 0 aliphatic carbocycles. The maximum atomic E-state index is 13.7. The number of halogens is 1. The van der Waals surface area contributed by atoms with Crippen molar-refractivity contribution >= 4 is 39.1 Å². The Morgan fingerprint density at radius 1 is 1.12 bits per heavy atom. The van der Waals surface area contributed by atoms with Crippen LogP contribution in [0.15, 0.2) is 64.5 Å². The molecular formula is C27H29BrN2O3S. The summed E-state index contributed by atoms with van der Waals surface area (Å²) in [5.74, 6) is 0.869. The van der Waals surface area contributed by atoms with Gasteiger partial charge in [0.1, 0.15) is 12.3 Å². The number of ether oxygens (including phenoxy) is 1. The van der Waals surface area contributed by atoms with Crippen LogP contribution in [0.5, 0.6) is 5.75 Å². The van der Waals surface area contributed by atoms with Crippen LogP contribution in [0, 0.1) is 5.92 Å². The first-order chi connectivity index (χ1) is 16.4. The zero-order valence-corrected chi connectivity index (χ0v) is 22.1. The first kappa shape index (κ1) is 24.5. The second-order valence-corrected chi connectivity index (χ2v) is 10.8. The Labute approximate surface area is 213 Å². The summed E-state index contributed by atoms with van der Waals surface area (Å²) < 4.78 is 6.24. The smallest absolute Gasteiger partial charge is 0.254 e. The fourth-order valence-electron chi connectivity index (χ4n) is 4.42. The van der Waals surface area contributed by atoms with Crippen LogP contribution in [0.1, 0.15) is 46.3 Å². The predicted molar refractivity (Wildman–Crippen MR) is 139 cm³/mol. The minimum Gasteiger partial charge on any atom is -0.497 e. The highest BCUT2D eigenvalue weighted by Crippen LogP contribution is 2.38. The van der Waals surface area contributed by atoms with Crippen LogP contribution < -0.4 is 4.74 Å². The molecular weight excluding hydrogens is 512 g/mol. The molecule has 2 amide bonds. The van der Waals surface area contributed by atoms with E-state index in [4.69, 9.17) is 4.74 Å². The topological polar surface area (TPSA) is 49.9 Å². The Bertz CT molecular complexity index is 1140. The average molecular weight is 542 g/mol. The lowest BCUT2D eigenvalue weighted by Gasteiger charge is -2.38. The Morgan fingerprint density at radius 3 is 2.47 bits per heavy atom. The number of rotatable bonds is 7. The molecule has 1 atom stereocenters. The lowest BCUT2D eigenvalue weighted by Crippen LogP contribution is -2.47. The Morgan fingerprint density at radius 2 is 1.82 bits per heavy atom. The number of carbonyl (C=O) groups excluding carboxylic acids is 2. The largest absolute Gasteiger partial charge is 0.497 e. The fraction of sp³-hybridized carbons (Fsp3) is 0.333. The standard InChI is InChI=1S/C27H29BrN2O3S/c1-18(2)16-29(27(32)20-4-8-21(28)9-5-20)17-25(31)30-14-12-24-23(13-15-34-24)26(30)19-6-10-22(33-3)11-7-19/h4-11,13,15,18,26H,12,14,16-17H2,1-3H3/t26-/m1/s1. The molecule has 1 aromatic heterocycles. The second-order valence-electron chi connectivity index (χ2n) is 8.90. The molecule has 0 spiro atoms. The van der Waals surface area contributed by atoms with Gasteiger partial charge >= 0.3 is 0 Å². The molecule has 0 saturated carbocycles. The molecule has 34 heavy (non-hydrogen) atoms. The normalized spacial score (nSPS) is 15.2. The van der Waals surface area contributed by atoms with Crippen molar-refractivity contribution in [3.63, 3.8) is 0 Å². The molecule has 1 aliphatic rings. The summed E-state index contributed by atoms with van der Waals surface area (Å²) in [6, 6.07) is 17.2. The van der Waals surface area contributed by atoms with E-state index in [-0.39, 0.29) is 30.3 Å². The Hall–Kier alpha value is -2.64. The van der Waals surface area contributed by atoms with Gasteiger partial charge in [-0.15, -0.1) is 11.3 Å². The average Bonchev–Trinajstić information content (AvgIpc) is 3.32. The minimum atomic E-state index is -0.169. The van der Waals surface area contributed by atoms with Crippen molar-refractivity contribution in [2.75, 3.05) is 26.7 Å². The van der Waals surface area contributed by atoms with Crippen LogP contribution in [-0.2, 0) is 11.2 Å².